The number of aromatic nitrogens is 1. The fraction of sp³-hybridized carbons (Fsp3) is 0.500. The highest BCUT2D eigenvalue weighted by atomic mass is 16.7. The number of nitrogens with one attached hydrogen (secondary N) is 1. The predicted molar refractivity (Wildman–Crippen MR) is 74.4 cm³/mol. The molecule has 0 atom stereocenters. The lowest BCUT2D eigenvalue weighted by molar-refractivity contribution is -0.163. The average molecular weight is 257 g/mol. The first-order valence-corrected chi connectivity index (χ1v) is 7.05. The Labute approximate surface area is 112 Å². The van der Waals surface area contributed by atoms with Gasteiger partial charge in [0.2, 0.25) is 0 Å². The highest BCUT2D eigenvalue weighted by molar-refractivity contribution is 5.86. The van der Waals surface area contributed by atoms with E-state index in [4.69, 9.17) is 9.47 Å². The second-order valence-corrected chi connectivity index (χ2v) is 5.83. The molecule has 0 bridgehead atoms. The summed E-state index contributed by atoms with van der Waals surface area (Å²) in [5.74, 6) is -0.333. The first-order chi connectivity index (χ1) is 9.17. The van der Waals surface area contributed by atoms with Crippen LogP contribution < -0.4 is 0 Å². The number of aryl methyl sites for hydroxylation is 3. The molecule has 2 heterocycles. The number of ether oxygens (including phenoxy) is 2. The summed E-state index contributed by atoms with van der Waals surface area (Å²) in [5.41, 5.74) is 6.71. The van der Waals surface area contributed by atoms with Crippen molar-refractivity contribution in [1.29, 1.82) is 0 Å². The summed E-state index contributed by atoms with van der Waals surface area (Å²) in [6.45, 7) is 5.79. The van der Waals surface area contributed by atoms with Gasteiger partial charge in [-0.3, -0.25) is 0 Å². The number of aromatic amines is 1. The molecule has 1 N–H and O–H groups in total. The van der Waals surface area contributed by atoms with E-state index in [-0.39, 0.29) is 5.79 Å². The summed E-state index contributed by atoms with van der Waals surface area (Å²) < 4.78 is 11.7. The van der Waals surface area contributed by atoms with E-state index in [1.807, 2.05) is 0 Å². The van der Waals surface area contributed by atoms with Crippen LogP contribution in [-0.2, 0) is 22.3 Å². The summed E-state index contributed by atoms with van der Waals surface area (Å²) in [6, 6.07) is 4.64. The van der Waals surface area contributed by atoms with Gasteiger partial charge in [-0.1, -0.05) is 0 Å². The average Bonchev–Trinajstić information content (AvgIpc) is 2.95. The van der Waals surface area contributed by atoms with Gasteiger partial charge >= 0.3 is 0 Å². The van der Waals surface area contributed by atoms with Crippen molar-refractivity contribution in [3.8, 4) is 0 Å². The third-order valence-electron chi connectivity index (χ3n) is 4.68. The van der Waals surface area contributed by atoms with Crippen molar-refractivity contribution in [1.82, 2.24) is 4.98 Å². The van der Waals surface area contributed by atoms with E-state index in [1.165, 1.54) is 33.3 Å². The molecule has 0 amide bonds. The zero-order chi connectivity index (χ0) is 13.0. The standard InChI is InChI=1S/C16H19NO2/c1-10-11(2)17-15-8-12-3-4-16(18-5-6-19-16)9-13(12)7-14(10)15/h7-8,17H,3-6,9H2,1-2H3. The second-order valence-electron chi connectivity index (χ2n) is 5.83. The van der Waals surface area contributed by atoms with Crippen LogP contribution in [-0.4, -0.2) is 24.0 Å². The Morgan fingerprint density at radius 1 is 1.11 bits per heavy atom. The molecule has 1 aliphatic carbocycles. The Bertz CT molecular complexity index is 650. The summed E-state index contributed by atoms with van der Waals surface area (Å²) in [7, 11) is 0. The minimum atomic E-state index is -0.333. The van der Waals surface area contributed by atoms with Crippen LogP contribution in [0.4, 0.5) is 0 Å². The summed E-state index contributed by atoms with van der Waals surface area (Å²) in [6.07, 6.45) is 2.91. The maximum absolute atomic E-state index is 5.86. The number of hydrogen-bond donors (Lipinski definition) is 1. The Hall–Kier alpha value is -1.32. The number of hydrogen-bond acceptors (Lipinski definition) is 2. The van der Waals surface area contributed by atoms with Gasteiger partial charge in [-0.05, 0) is 49.1 Å². The molecule has 4 rings (SSSR count). The topological polar surface area (TPSA) is 34.2 Å². The first kappa shape index (κ1) is 11.5. The lowest BCUT2D eigenvalue weighted by Gasteiger charge is -2.32. The van der Waals surface area contributed by atoms with E-state index in [1.54, 1.807) is 0 Å². The second kappa shape index (κ2) is 3.84. The van der Waals surface area contributed by atoms with E-state index in [0.29, 0.717) is 0 Å². The van der Waals surface area contributed by atoms with Crippen molar-refractivity contribution in [3.05, 3.63) is 34.5 Å². The van der Waals surface area contributed by atoms with Gasteiger partial charge in [0.25, 0.3) is 0 Å². The van der Waals surface area contributed by atoms with Crippen LogP contribution in [0.1, 0.15) is 28.8 Å². The Kier molecular flexibility index (Phi) is 2.32. The first-order valence-electron chi connectivity index (χ1n) is 7.05. The van der Waals surface area contributed by atoms with E-state index in [9.17, 15) is 0 Å². The Balaban J connectivity index is 1.83. The van der Waals surface area contributed by atoms with Gasteiger partial charge in [0.1, 0.15) is 0 Å². The maximum atomic E-state index is 5.86. The summed E-state index contributed by atoms with van der Waals surface area (Å²) in [4.78, 5) is 3.48. The zero-order valence-electron chi connectivity index (χ0n) is 11.5. The van der Waals surface area contributed by atoms with E-state index >= 15 is 0 Å². The smallest absolute Gasteiger partial charge is 0.172 e. The molecule has 0 radical (unpaired) electrons. The van der Waals surface area contributed by atoms with Crippen molar-refractivity contribution in [2.45, 2.75) is 38.9 Å². The number of rotatable bonds is 0. The van der Waals surface area contributed by atoms with Gasteiger partial charge in [0, 0.05) is 29.4 Å². The predicted octanol–water partition coefficient (Wildman–Crippen LogP) is 3.02. The molecule has 1 fully saturated rings. The molecule has 0 unspecified atom stereocenters. The molecule has 100 valence electrons. The van der Waals surface area contributed by atoms with Gasteiger partial charge in [0.05, 0.1) is 13.2 Å². The monoisotopic (exact) mass is 257 g/mol. The largest absolute Gasteiger partial charge is 0.358 e. The van der Waals surface area contributed by atoms with Crippen molar-refractivity contribution in [3.63, 3.8) is 0 Å². The quantitative estimate of drug-likeness (QED) is 0.787. The van der Waals surface area contributed by atoms with Crippen molar-refractivity contribution >= 4 is 10.9 Å². The van der Waals surface area contributed by atoms with Gasteiger partial charge in [-0.2, -0.15) is 0 Å². The molecule has 3 heteroatoms. The Morgan fingerprint density at radius 3 is 2.68 bits per heavy atom. The summed E-state index contributed by atoms with van der Waals surface area (Å²) in [5, 5.41) is 1.34. The molecule has 19 heavy (non-hydrogen) atoms. The normalized spacial score (nSPS) is 21.2. The van der Waals surface area contributed by atoms with Gasteiger partial charge in [-0.25, -0.2) is 0 Å². The van der Waals surface area contributed by atoms with Crippen LogP contribution in [0, 0.1) is 13.8 Å². The van der Waals surface area contributed by atoms with E-state index in [0.717, 1.165) is 32.5 Å². The van der Waals surface area contributed by atoms with Crippen LogP contribution in [0.3, 0.4) is 0 Å². The minimum absolute atomic E-state index is 0.333. The highest BCUT2D eigenvalue weighted by Crippen LogP contribution is 2.37. The zero-order valence-corrected chi connectivity index (χ0v) is 11.5. The maximum Gasteiger partial charge on any atom is 0.172 e. The van der Waals surface area contributed by atoms with Gasteiger partial charge in [0.15, 0.2) is 5.79 Å². The van der Waals surface area contributed by atoms with Gasteiger partial charge in [-0.15, -0.1) is 0 Å². The van der Waals surface area contributed by atoms with Crippen molar-refractivity contribution in [2.75, 3.05) is 13.2 Å². The van der Waals surface area contributed by atoms with Crippen LogP contribution in [0.25, 0.3) is 10.9 Å². The molecule has 1 aromatic carbocycles. The number of fused-ring (bicyclic) bond motifs is 2. The number of benzene rings is 1. The van der Waals surface area contributed by atoms with Crippen LogP contribution in [0.15, 0.2) is 12.1 Å². The minimum Gasteiger partial charge on any atom is -0.358 e. The third-order valence-corrected chi connectivity index (χ3v) is 4.68. The van der Waals surface area contributed by atoms with Crippen LogP contribution in [0.5, 0.6) is 0 Å². The SMILES string of the molecule is Cc1[nH]c2cc3c(cc2c1C)CC1(CC3)OCCO1. The molecule has 0 saturated carbocycles. The molecule has 1 aromatic heterocycles. The van der Waals surface area contributed by atoms with Crippen LogP contribution >= 0.6 is 0 Å². The lowest BCUT2D eigenvalue weighted by atomic mass is 9.86. The van der Waals surface area contributed by atoms with Crippen LogP contribution in [0.2, 0.25) is 0 Å². The molecular formula is C16H19NO2. The fourth-order valence-corrected chi connectivity index (χ4v) is 3.45. The molecule has 1 spiro atoms. The Morgan fingerprint density at radius 2 is 1.89 bits per heavy atom. The molecule has 1 saturated heterocycles. The van der Waals surface area contributed by atoms with Gasteiger partial charge < -0.3 is 14.5 Å². The highest BCUT2D eigenvalue weighted by Gasteiger charge is 2.39. The van der Waals surface area contributed by atoms with Crippen molar-refractivity contribution in [2.24, 2.45) is 0 Å². The van der Waals surface area contributed by atoms with Crippen molar-refractivity contribution < 1.29 is 9.47 Å². The fourth-order valence-electron chi connectivity index (χ4n) is 3.45. The molecule has 1 aliphatic heterocycles. The van der Waals surface area contributed by atoms with E-state index < -0.39 is 0 Å². The lowest BCUT2D eigenvalue weighted by Crippen LogP contribution is -2.36. The molecule has 2 aliphatic rings. The summed E-state index contributed by atoms with van der Waals surface area (Å²) >= 11 is 0. The third kappa shape index (κ3) is 1.65. The van der Waals surface area contributed by atoms with E-state index in [2.05, 4.69) is 31.0 Å². The molecule has 2 aromatic rings. The molecule has 3 nitrogen and oxygen atoms in total. The molecular weight excluding hydrogens is 238 g/mol. The number of H-pyrrole nitrogens is 1.